The van der Waals surface area contributed by atoms with Crippen molar-refractivity contribution in [2.75, 3.05) is 13.2 Å². The summed E-state index contributed by atoms with van der Waals surface area (Å²) >= 11 is 0. The first kappa shape index (κ1) is 24.1. The molecule has 0 fully saturated rings. The van der Waals surface area contributed by atoms with E-state index in [-0.39, 0.29) is 17.1 Å². The van der Waals surface area contributed by atoms with E-state index < -0.39 is 43.2 Å². The van der Waals surface area contributed by atoms with Crippen molar-refractivity contribution in [1.29, 1.82) is 0 Å². The number of aliphatic hydroxyl groups is 1. The molecule has 0 bridgehead atoms. The highest BCUT2D eigenvalue weighted by atomic mass is 19.4. The van der Waals surface area contributed by atoms with Crippen molar-refractivity contribution in [2.45, 2.75) is 18.5 Å². The molecule has 2 heterocycles. The van der Waals surface area contributed by atoms with Gasteiger partial charge in [0.05, 0.1) is 17.1 Å². The normalized spacial score (nSPS) is 13.1. The largest absolute Gasteiger partial charge is 0.484 e. The fourth-order valence-corrected chi connectivity index (χ4v) is 2.66. The Morgan fingerprint density at radius 1 is 1.06 bits per heavy atom. The number of hydrogen-bond donors (Lipinski definition) is 1. The molecule has 0 aliphatic heterocycles. The van der Waals surface area contributed by atoms with Gasteiger partial charge in [-0.3, -0.25) is 9.48 Å². The second-order valence-corrected chi connectivity index (χ2v) is 6.70. The summed E-state index contributed by atoms with van der Waals surface area (Å²) in [6, 6.07) is 6.68. The van der Waals surface area contributed by atoms with E-state index in [0.717, 1.165) is 22.8 Å². The number of nitrogens with zero attached hydrogens (tertiary/aromatic N) is 4. The molecule has 178 valence electrons. The third kappa shape index (κ3) is 6.03. The number of benzene rings is 1. The molecule has 0 spiro atoms. The van der Waals surface area contributed by atoms with E-state index >= 15 is 0 Å². The number of aromatic nitrogens is 4. The van der Waals surface area contributed by atoms with Crippen LogP contribution in [0.25, 0.3) is 17.1 Å². The van der Waals surface area contributed by atoms with Gasteiger partial charge in [-0.25, -0.2) is 4.57 Å². The Hall–Kier alpha value is -3.55. The molecule has 1 atom stereocenters. The van der Waals surface area contributed by atoms with Crippen molar-refractivity contribution >= 4 is 0 Å². The minimum atomic E-state index is -4.97. The van der Waals surface area contributed by atoms with Crippen LogP contribution in [0.5, 0.6) is 11.8 Å². The minimum Gasteiger partial charge on any atom is -0.484 e. The van der Waals surface area contributed by atoms with Crippen molar-refractivity contribution < 1.29 is 40.9 Å². The molecule has 0 aliphatic carbocycles. The lowest BCUT2D eigenvalue weighted by Crippen LogP contribution is -2.35. The lowest BCUT2D eigenvalue weighted by atomic mass is 10.2. The van der Waals surface area contributed by atoms with Gasteiger partial charge in [0, 0.05) is 19.3 Å². The van der Waals surface area contributed by atoms with Crippen LogP contribution in [0.3, 0.4) is 0 Å². The average molecular weight is 478 g/mol. The van der Waals surface area contributed by atoms with E-state index in [2.05, 4.69) is 14.8 Å². The summed E-state index contributed by atoms with van der Waals surface area (Å²) in [4.78, 5) is 16.9. The van der Waals surface area contributed by atoms with Crippen LogP contribution in [0.4, 0.5) is 26.3 Å². The van der Waals surface area contributed by atoms with E-state index in [9.17, 15) is 36.2 Å². The summed E-state index contributed by atoms with van der Waals surface area (Å²) < 4.78 is 86.8. The Balaban J connectivity index is 1.99. The number of halogens is 6. The molecule has 2 aromatic heterocycles. The highest BCUT2D eigenvalue weighted by molar-refractivity contribution is 5.54. The van der Waals surface area contributed by atoms with Gasteiger partial charge < -0.3 is 14.6 Å². The monoisotopic (exact) mass is 478 g/mol. The molecule has 0 amide bonds. The van der Waals surface area contributed by atoms with Crippen molar-refractivity contribution in [3.63, 3.8) is 0 Å². The van der Waals surface area contributed by atoms with Crippen LogP contribution in [0.2, 0.25) is 0 Å². The lowest BCUT2D eigenvalue weighted by molar-refractivity contribution is -0.211. The average Bonchev–Trinajstić information content (AvgIpc) is 3.15. The standard InChI is InChI=1S/C19H16F6N4O4/c1-28-14(6-7-26-28)13-8-16(31)29(17(27-13)32-9-15(30)19(23,24)25)11-2-4-12(5-3-11)33-10-18(20,21)22/h2-8,15,30H,9-10H2,1H3. The first-order valence-electron chi connectivity index (χ1n) is 9.15. The number of rotatable bonds is 7. The SMILES string of the molecule is Cn1nccc1-c1cc(=O)n(-c2ccc(OCC(F)(F)F)cc2)c(OCC(O)C(F)(F)F)n1. The molecule has 0 saturated heterocycles. The zero-order chi connectivity index (χ0) is 24.4. The molecule has 8 nitrogen and oxygen atoms in total. The van der Waals surface area contributed by atoms with Gasteiger partial charge in [-0.05, 0) is 30.3 Å². The molecule has 1 N–H and O–H groups in total. The van der Waals surface area contributed by atoms with E-state index in [4.69, 9.17) is 4.74 Å². The van der Waals surface area contributed by atoms with Crippen LogP contribution in [-0.4, -0.2) is 56.1 Å². The van der Waals surface area contributed by atoms with Crippen LogP contribution in [0.1, 0.15) is 0 Å². The van der Waals surface area contributed by atoms with E-state index in [1.807, 2.05) is 0 Å². The number of ether oxygens (including phenoxy) is 2. The minimum absolute atomic E-state index is 0.0277. The molecule has 3 rings (SSSR count). The van der Waals surface area contributed by atoms with E-state index in [1.165, 1.54) is 29.1 Å². The summed E-state index contributed by atoms with van der Waals surface area (Å²) in [6.45, 7) is -2.78. The van der Waals surface area contributed by atoms with Crippen molar-refractivity contribution in [1.82, 2.24) is 19.3 Å². The van der Waals surface area contributed by atoms with Crippen molar-refractivity contribution in [3.8, 4) is 28.8 Å². The molecule has 33 heavy (non-hydrogen) atoms. The summed E-state index contributed by atoms with van der Waals surface area (Å²) in [5.74, 6) is -0.154. The van der Waals surface area contributed by atoms with Crippen molar-refractivity contribution in [3.05, 3.63) is 52.9 Å². The van der Waals surface area contributed by atoms with Gasteiger partial charge in [-0.1, -0.05) is 0 Å². The van der Waals surface area contributed by atoms with Gasteiger partial charge in [0.2, 0.25) is 0 Å². The summed E-state index contributed by atoms with van der Waals surface area (Å²) in [7, 11) is 1.55. The molecule has 14 heteroatoms. The smallest absolute Gasteiger partial charge is 0.422 e. The zero-order valence-electron chi connectivity index (χ0n) is 16.8. The maximum atomic E-state index is 12.8. The van der Waals surface area contributed by atoms with Gasteiger partial charge in [0.1, 0.15) is 12.4 Å². The molecule has 0 saturated carbocycles. The Labute approximate surface area is 181 Å². The lowest BCUT2D eigenvalue weighted by Gasteiger charge is -2.18. The van der Waals surface area contributed by atoms with E-state index in [0.29, 0.717) is 5.69 Å². The fraction of sp³-hybridized carbons (Fsp3) is 0.316. The first-order valence-corrected chi connectivity index (χ1v) is 9.15. The maximum Gasteiger partial charge on any atom is 0.422 e. The molecule has 3 aromatic rings. The van der Waals surface area contributed by atoms with Crippen molar-refractivity contribution in [2.24, 2.45) is 7.05 Å². The van der Waals surface area contributed by atoms with Crippen LogP contribution in [0, 0.1) is 0 Å². The van der Waals surface area contributed by atoms with Crippen LogP contribution in [0.15, 0.2) is 47.4 Å². The van der Waals surface area contributed by atoms with Gasteiger partial charge in [0.15, 0.2) is 12.7 Å². The molecule has 0 aliphatic rings. The number of aryl methyl sites for hydroxylation is 1. The first-order chi connectivity index (χ1) is 15.3. The summed E-state index contributed by atoms with van der Waals surface area (Å²) in [5, 5.41) is 13.2. The number of hydrogen-bond acceptors (Lipinski definition) is 6. The second-order valence-electron chi connectivity index (χ2n) is 6.70. The quantitative estimate of drug-likeness (QED) is 0.526. The third-order valence-electron chi connectivity index (χ3n) is 4.22. The molecular formula is C19H16F6N4O4. The van der Waals surface area contributed by atoms with Crippen LogP contribution in [-0.2, 0) is 7.05 Å². The number of aliphatic hydroxyl groups excluding tert-OH is 1. The van der Waals surface area contributed by atoms with E-state index in [1.54, 1.807) is 7.05 Å². The summed E-state index contributed by atoms with van der Waals surface area (Å²) in [6.07, 6.45) is -11.0. The molecule has 1 unspecified atom stereocenters. The molecule has 1 aromatic carbocycles. The van der Waals surface area contributed by atoms with Gasteiger partial charge in [-0.15, -0.1) is 0 Å². The Morgan fingerprint density at radius 2 is 1.73 bits per heavy atom. The topological polar surface area (TPSA) is 91.4 Å². The van der Waals surface area contributed by atoms with Crippen LogP contribution < -0.4 is 15.0 Å². The highest BCUT2D eigenvalue weighted by Crippen LogP contribution is 2.25. The Morgan fingerprint density at radius 3 is 2.27 bits per heavy atom. The summed E-state index contributed by atoms with van der Waals surface area (Å²) in [5.41, 5.74) is -0.337. The maximum absolute atomic E-state index is 12.8. The molecule has 0 radical (unpaired) electrons. The Bertz CT molecular complexity index is 1150. The predicted molar refractivity (Wildman–Crippen MR) is 101 cm³/mol. The Kier molecular flexibility index (Phi) is 6.67. The predicted octanol–water partition coefficient (Wildman–Crippen LogP) is 2.88. The van der Waals surface area contributed by atoms with Gasteiger partial charge in [-0.2, -0.15) is 36.4 Å². The van der Waals surface area contributed by atoms with Crippen LogP contribution >= 0.6 is 0 Å². The van der Waals surface area contributed by atoms with Gasteiger partial charge in [0.25, 0.3) is 5.56 Å². The zero-order valence-corrected chi connectivity index (χ0v) is 16.8. The van der Waals surface area contributed by atoms with Gasteiger partial charge >= 0.3 is 18.4 Å². The number of alkyl halides is 6. The fourth-order valence-electron chi connectivity index (χ4n) is 2.66. The highest BCUT2D eigenvalue weighted by Gasteiger charge is 2.39. The molecular weight excluding hydrogens is 462 g/mol. The second kappa shape index (κ2) is 9.13. The third-order valence-corrected chi connectivity index (χ3v) is 4.22.